The van der Waals surface area contributed by atoms with Gasteiger partial charge in [0.15, 0.2) is 5.78 Å². The van der Waals surface area contributed by atoms with Gasteiger partial charge in [0, 0.05) is 12.8 Å². The lowest BCUT2D eigenvalue weighted by Gasteiger charge is -1.99. The minimum Gasteiger partial charge on any atom is -0.466 e. The standard InChI is InChI=1S/C14H20O4/c1-2-18-14(17)8-6-4-3-5-7-11-9-12(15)10-13(11)16/h3,5,9,12,15H,2,4,6-8,10H2,1H3/b5-3-/t12-/m0/s1. The zero-order valence-corrected chi connectivity index (χ0v) is 10.7. The Hall–Kier alpha value is -1.42. The van der Waals surface area contributed by atoms with Gasteiger partial charge in [0.2, 0.25) is 0 Å². The number of ether oxygens (including phenoxy) is 1. The summed E-state index contributed by atoms with van der Waals surface area (Å²) in [7, 11) is 0. The van der Waals surface area contributed by atoms with E-state index in [4.69, 9.17) is 4.74 Å². The van der Waals surface area contributed by atoms with Crippen molar-refractivity contribution in [2.75, 3.05) is 6.61 Å². The fourth-order valence-corrected chi connectivity index (χ4v) is 1.81. The Labute approximate surface area is 107 Å². The molecule has 0 aliphatic heterocycles. The summed E-state index contributed by atoms with van der Waals surface area (Å²) in [6, 6.07) is 0. The Balaban J connectivity index is 2.13. The average molecular weight is 252 g/mol. The van der Waals surface area contributed by atoms with Gasteiger partial charge in [0.1, 0.15) is 0 Å². The zero-order valence-electron chi connectivity index (χ0n) is 10.7. The van der Waals surface area contributed by atoms with Crippen LogP contribution in [0.3, 0.4) is 0 Å². The summed E-state index contributed by atoms with van der Waals surface area (Å²) in [4.78, 5) is 22.4. The van der Waals surface area contributed by atoms with Crippen molar-refractivity contribution in [3.8, 4) is 0 Å². The van der Waals surface area contributed by atoms with Crippen molar-refractivity contribution >= 4 is 11.8 Å². The second-order valence-electron chi connectivity index (χ2n) is 4.26. The number of aliphatic hydroxyl groups excluding tert-OH is 1. The van der Waals surface area contributed by atoms with E-state index in [9.17, 15) is 14.7 Å². The Kier molecular flexibility index (Phi) is 6.36. The third kappa shape index (κ3) is 5.27. The summed E-state index contributed by atoms with van der Waals surface area (Å²) in [6.07, 6.45) is 7.63. The number of hydrogen-bond donors (Lipinski definition) is 1. The molecule has 1 aliphatic carbocycles. The normalized spacial score (nSPS) is 19.3. The molecule has 0 unspecified atom stereocenters. The first kappa shape index (κ1) is 14.6. The maximum Gasteiger partial charge on any atom is 0.305 e. The van der Waals surface area contributed by atoms with Gasteiger partial charge in [0.25, 0.3) is 0 Å². The van der Waals surface area contributed by atoms with Crippen LogP contribution in [0, 0.1) is 0 Å². The van der Waals surface area contributed by atoms with E-state index in [0.29, 0.717) is 25.0 Å². The Morgan fingerprint density at radius 1 is 1.56 bits per heavy atom. The van der Waals surface area contributed by atoms with Crippen molar-refractivity contribution in [1.82, 2.24) is 0 Å². The maximum atomic E-state index is 11.3. The van der Waals surface area contributed by atoms with E-state index in [1.54, 1.807) is 13.0 Å². The van der Waals surface area contributed by atoms with Crippen LogP contribution in [0.1, 0.15) is 39.0 Å². The fraction of sp³-hybridized carbons (Fsp3) is 0.571. The SMILES string of the molecule is CCOC(=O)CCC/C=C\CC1=C[C@H](O)CC1=O. The molecule has 1 N–H and O–H groups in total. The van der Waals surface area contributed by atoms with Crippen LogP contribution in [0.15, 0.2) is 23.8 Å². The number of aliphatic hydroxyl groups is 1. The zero-order chi connectivity index (χ0) is 13.4. The minimum absolute atomic E-state index is 0.0265. The highest BCUT2D eigenvalue weighted by Gasteiger charge is 2.20. The highest BCUT2D eigenvalue weighted by atomic mass is 16.5. The summed E-state index contributed by atoms with van der Waals surface area (Å²) in [5, 5.41) is 9.25. The first-order chi connectivity index (χ1) is 8.63. The predicted molar refractivity (Wildman–Crippen MR) is 68.0 cm³/mol. The predicted octanol–water partition coefficient (Wildman–Crippen LogP) is 1.93. The van der Waals surface area contributed by atoms with Gasteiger partial charge in [-0.25, -0.2) is 0 Å². The summed E-state index contributed by atoms with van der Waals surface area (Å²) in [5.74, 6) is -0.138. The van der Waals surface area contributed by atoms with Crippen LogP contribution < -0.4 is 0 Å². The number of carbonyl (C=O) groups excluding carboxylic acids is 2. The minimum atomic E-state index is -0.607. The Bertz CT molecular complexity index is 355. The topological polar surface area (TPSA) is 63.6 Å². The van der Waals surface area contributed by atoms with E-state index in [1.165, 1.54) is 0 Å². The molecule has 0 aromatic heterocycles. The monoisotopic (exact) mass is 252 g/mol. The number of allylic oxidation sites excluding steroid dienone is 3. The second kappa shape index (κ2) is 7.82. The lowest BCUT2D eigenvalue weighted by atomic mass is 10.1. The lowest BCUT2D eigenvalue weighted by molar-refractivity contribution is -0.143. The molecule has 1 rings (SSSR count). The molecule has 0 aromatic carbocycles. The highest BCUT2D eigenvalue weighted by molar-refractivity contribution is 5.98. The molecule has 0 bridgehead atoms. The number of Topliss-reactive ketones (excluding diaryl/α,β-unsaturated/α-hetero) is 1. The van der Waals surface area contributed by atoms with Gasteiger partial charge in [-0.1, -0.05) is 12.2 Å². The van der Waals surface area contributed by atoms with Crippen molar-refractivity contribution in [1.29, 1.82) is 0 Å². The van der Waals surface area contributed by atoms with Gasteiger partial charge in [-0.2, -0.15) is 0 Å². The number of ketones is 1. The molecule has 1 atom stereocenters. The lowest BCUT2D eigenvalue weighted by Crippen LogP contribution is -2.02. The summed E-state index contributed by atoms with van der Waals surface area (Å²) >= 11 is 0. The first-order valence-corrected chi connectivity index (χ1v) is 6.36. The van der Waals surface area contributed by atoms with Crippen molar-refractivity contribution in [3.63, 3.8) is 0 Å². The molecule has 0 amide bonds. The summed E-state index contributed by atoms with van der Waals surface area (Å²) in [6.45, 7) is 2.21. The van der Waals surface area contributed by atoms with Crippen LogP contribution in [-0.2, 0) is 14.3 Å². The van der Waals surface area contributed by atoms with Gasteiger partial charge in [0.05, 0.1) is 12.7 Å². The van der Waals surface area contributed by atoms with E-state index in [-0.39, 0.29) is 18.2 Å². The van der Waals surface area contributed by atoms with Crippen LogP contribution in [0.25, 0.3) is 0 Å². The molecule has 100 valence electrons. The van der Waals surface area contributed by atoms with E-state index in [0.717, 1.165) is 12.8 Å². The van der Waals surface area contributed by atoms with Gasteiger partial charge >= 0.3 is 5.97 Å². The molecular weight excluding hydrogens is 232 g/mol. The third-order valence-electron chi connectivity index (χ3n) is 2.71. The van der Waals surface area contributed by atoms with E-state index >= 15 is 0 Å². The van der Waals surface area contributed by atoms with Crippen LogP contribution in [0.5, 0.6) is 0 Å². The largest absolute Gasteiger partial charge is 0.466 e. The van der Waals surface area contributed by atoms with Gasteiger partial charge in [-0.3, -0.25) is 9.59 Å². The first-order valence-electron chi connectivity index (χ1n) is 6.36. The highest BCUT2D eigenvalue weighted by Crippen LogP contribution is 2.18. The quantitative estimate of drug-likeness (QED) is 0.427. The molecule has 0 spiro atoms. The van der Waals surface area contributed by atoms with Gasteiger partial charge < -0.3 is 9.84 Å². The second-order valence-corrected chi connectivity index (χ2v) is 4.26. The molecule has 0 saturated carbocycles. The van der Waals surface area contributed by atoms with Crippen LogP contribution in [0.2, 0.25) is 0 Å². The number of carbonyl (C=O) groups is 2. The van der Waals surface area contributed by atoms with Crippen molar-refractivity contribution < 1.29 is 19.4 Å². The molecule has 4 nitrogen and oxygen atoms in total. The number of rotatable bonds is 7. The van der Waals surface area contributed by atoms with Crippen molar-refractivity contribution in [2.45, 2.75) is 45.1 Å². The van der Waals surface area contributed by atoms with Crippen molar-refractivity contribution in [2.24, 2.45) is 0 Å². The Morgan fingerprint density at radius 2 is 2.33 bits per heavy atom. The molecule has 0 radical (unpaired) electrons. The van der Waals surface area contributed by atoms with Crippen molar-refractivity contribution in [3.05, 3.63) is 23.8 Å². The van der Waals surface area contributed by atoms with Crippen LogP contribution in [0.4, 0.5) is 0 Å². The third-order valence-corrected chi connectivity index (χ3v) is 2.71. The molecule has 18 heavy (non-hydrogen) atoms. The molecule has 0 fully saturated rings. The molecule has 4 heteroatoms. The maximum absolute atomic E-state index is 11.3. The van der Waals surface area contributed by atoms with Crippen LogP contribution in [-0.4, -0.2) is 29.6 Å². The van der Waals surface area contributed by atoms with Crippen LogP contribution >= 0.6 is 0 Å². The molecule has 0 aromatic rings. The molecule has 1 aliphatic rings. The smallest absolute Gasteiger partial charge is 0.305 e. The molecule has 0 saturated heterocycles. The van der Waals surface area contributed by atoms with Gasteiger partial charge in [-0.05, 0) is 37.8 Å². The average Bonchev–Trinajstić information content (AvgIpc) is 2.62. The fourth-order valence-electron chi connectivity index (χ4n) is 1.81. The number of esters is 1. The summed E-state index contributed by atoms with van der Waals surface area (Å²) < 4.78 is 4.81. The Morgan fingerprint density at radius 3 is 2.94 bits per heavy atom. The number of hydrogen-bond acceptors (Lipinski definition) is 4. The molecule has 0 heterocycles. The van der Waals surface area contributed by atoms with Gasteiger partial charge in [-0.15, -0.1) is 0 Å². The molecular formula is C14H20O4. The summed E-state index contributed by atoms with van der Waals surface area (Å²) in [5.41, 5.74) is 0.684. The van der Waals surface area contributed by atoms with E-state index < -0.39 is 6.10 Å². The van der Waals surface area contributed by atoms with E-state index in [2.05, 4.69) is 0 Å². The number of unbranched alkanes of at least 4 members (excludes halogenated alkanes) is 1. The van der Waals surface area contributed by atoms with E-state index in [1.807, 2.05) is 12.2 Å².